The van der Waals surface area contributed by atoms with Crippen molar-refractivity contribution in [1.29, 1.82) is 0 Å². The molecule has 0 bridgehead atoms. The topological polar surface area (TPSA) is 37.3 Å². The second kappa shape index (κ2) is 5.32. The fourth-order valence-electron chi connectivity index (χ4n) is 8.28. The van der Waals surface area contributed by atoms with Crippen molar-refractivity contribution in [2.45, 2.75) is 91.6 Å². The Morgan fingerprint density at radius 2 is 1.67 bits per heavy atom. The zero-order valence-electron chi connectivity index (χ0n) is 16.1. The van der Waals surface area contributed by atoms with Gasteiger partial charge in [-0.3, -0.25) is 4.79 Å². The van der Waals surface area contributed by atoms with E-state index in [9.17, 15) is 9.90 Å². The van der Waals surface area contributed by atoms with Crippen LogP contribution in [0.25, 0.3) is 0 Å². The average molecular weight is 333 g/mol. The van der Waals surface area contributed by atoms with Crippen LogP contribution in [-0.4, -0.2) is 17.0 Å². The molecule has 2 nitrogen and oxygen atoms in total. The molecule has 0 saturated heterocycles. The number of rotatable bonds is 1. The van der Waals surface area contributed by atoms with E-state index < -0.39 is 0 Å². The maximum atomic E-state index is 12.2. The molecule has 3 unspecified atom stereocenters. The number of carbonyl (C=O) groups is 1. The Morgan fingerprint density at radius 3 is 2.38 bits per heavy atom. The number of aliphatic hydroxyl groups excluding tert-OH is 1. The molecule has 4 saturated carbocycles. The van der Waals surface area contributed by atoms with Crippen molar-refractivity contribution >= 4 is 5.78 Å². The summed E-state index contributed by atoms with van der Waals surface area (Å²) in [4.78, 5) is 12.2. The monoisotopic (exact) mass is 332 g/mol. The van der Waals surface area contributed by atoms with Crippen molar-refractivity contribution in [3.8, 4) is 0 Å². The van der Waals surface area contributed by atoms with E-state index in [4.69, 9.17) is 0 Å². The summed E-state index contributed by atoms with van der Waals surface area (Å²) < 4.78 is 0. The van der Waals surface area contributed by atoms with Gasteiger partial charge < -0.3 is 5.11 Å². The highest BCUT2D eigenvalue weighted by atomic mass is 16.3. The number of ketones is 1. The maximum absolute atomic E-state index is 12.2. The number of aliphatic hydroxyl groups is 1. The Kier molecular flexibility index (Phi) is 3.78. The van der Waals surface area contributed by atoms with Crippen LogP contribution in [0.1, 0.15) is 85.5 Å². The van der Waals surface area contributed by atoms with E-state index in [0.717, 1.165) is 37.0 Å². The highest BCUT2D eigenvalue weighted by molar-refractivity contribution is 5.79. The number of hydrogen-bond acceptors (Lipinski definition) is 2. The normalized spacial score (nSPS) is 57.0. The number of carbonyl (C=O) groups excluding carboxylic acids is 1. The van der Waals surface area contributed by atoms with Gasteiger partial charge in [-0.15, -0.1) is 0 Å². The van der Waals surface area contributed by atoms with Crippen LogP contribution in [0, 0.1) is 39.9 Å². The standard InChI is InChI=1S/C22H36O2/c1-14(23)17-5-6-18-16-8-10-20(2)13-15(24)7-12-22(20,4)19(16)9-11-21(17,18)3/h15-19,24H,5-13H2,1-4H3/t15-,16?,17-,18?,19?,20+,21-,22-/m1/s1. The lowest BCUT2D eigenvalue weighted by atomic mass is 9.40. The molecule has 0 radical (unpaired) electrons. The van der Waals surface area contributed by atoms with Crippen LogP contribution in [0.4, 0.5) is 0 Å². The van der Waals surface area contributed by atoms with E-state index in [-0.39, 0.29) is 11.5 Å². The van der Waals surface area contributed by atoms with Gasteiger partial charge >= 0.3 is 0 Å². The molecule has 0 aliphatic heterocycles. The minimum Gasteiger partial charge on any atom is -0.393 e. The average Bonchev–Trinajstić information content (AvgIpc) is 2.86. The van der Waals surface area contributed by atoms with Gasteiger partial charge in [0, 0.05) is 5.92 Å². The van der Waals surface area contributed by atoms with Crippen molar-refractivity contribution in [2.24, 2.45) is 39.9 Å². The van der Waals surface area contributed by atoms with Crippen LogP contribution in [0.2, 0.25) is 0 Å². The van der Waals surface area contributed by atoms with E-state index >= 15 is 0 Å². The molecule has 4 rings (SSSR count). The van der Waals surface area contributed by atoms with Crippen LogP contribution in [0.5, 0.6) is 0 Å². The maximum Gasteiger partial charge on any atom is 0.133 e. The molecular formula is C22H36O2. The first kappa shape index (κ1) is 17.1. The predicted molar refractivity (Wildman–Crippen MR) is 96.5 cm³/mol. The first-order valence-electron chi connectivity index (χ1n) is 10.4. The molecule has 4 fully saturated rings. The minimum absolute atomic E-state index is 0.0814. The van der Waals surface area contributed by atoms with Crippen LogP contribution < -0.4 is 0 Å². The van der Waals surface area contributed by atoms with Gasteiger partial charge in [0.15, 0.2) is 0 Å². The molecule has 0 aromatic heterocycles. The highest BCUT2D eigenvalue weighted by Gasteiger charge is 2.63. The summed E-state index contributed by atoms with van der Waals surface area (Å²) in [5.41, 5.74) is 0.980. The molecule has 2 heteroatoms. The van der Waals surface area contributed by atoms with E-state index in [0.29, 0.717) is 22.5 Å². The Bertz CT molecular complexity index is 542. The Balaban J connectivity index is 1.65. The Labute approximate surface area is 147 Å². The van der Waals surface area contributed by atoms with Gasteiger partial charge in [-0.05, 0) is 98.7 Å². The van der Waals surface area contributed by atoms with E-state index in [1.165, 1.54) is 38.5 Å². The third-order valence-corrected chi connectivity index (χ3v) is 9.84. The van der Waals surface area contributed by atoms with E-state index in [2.05, 4.69) is 20.8 Å². The highest BCUT2D eigenvalue weighted by Crippen LogP contribution is 2.70. The van der Waals surface area contributed by atoms with Gasteiger partial charge in [-0.25, -0.2) is 0 Å². The van der Waals surface area contributed by atoms with Gasteiger partial charge in [0.05, 0.1) is 6.10 Å². The molecule has 8 atom stereocenters. The van der Waals surface area contributed by atoms with Crippen LogP contribution >= 0.6 is 0 Å². The molecule has 0 aromatic rings. The molecule has 1 N–H and O–H groups in total. The number of hydrogen-bond donors (Lipinski definition) is 1. The fraction of sp³-hybridized carbons (Fsp3) is 0.955. The Hall–Kier alpha value is -0.370. The molecule has 4 aliphatic carbocycles. The molecule has 0 heterocycles. The molecule has 24 heavy (non-hydrogen) atoms. The van der Waals surface area contributed by atoms with Gasteiger partial charge in [0.2, 0.25) is 0 Å². The second-order valence-corrected chi connectivity index (χ2v) is 10.6. The Morgan fingerprint density at radius 1 is 0.917 bits per heavy atom. The summed E-state index contributed by atoms with van der Waals surface area (Å²) in [6.45, 7) is 9.28. The molecular weight excluding hydrogens is 296 g/mol. The first-order chi connectivity index (χ1) is 11.2. The lowest BCUT2D eigenvalue weighted by molar-refractivity contribution is -0.171. The van der Waals surface area contributed by atoms with Gasteiger partial charge in [-0.1, -0.05) is 20.8 Å². The zero-order valence-corrected chi connectivity index (χ0v) is 16.1. The van der Waals surface area contributed by atoms with E-state index in [1.807, 2.05) is 6.92 Å². The smallest absolute Gasteiger partial charge is 0.133 e. The van der Waals surface area contributed by atoms with Gasteiger partial charge in [0.25, 0.3) is 0 Å². The van der Waals surface area contributed by atoms with Crippen molar-refractivity contribution < 1.29 is 9.90 Å². The van der Waals surface area contributed by atoms with Crippen LogP contribution in [-0.2, 0) is 4.79 Å². The third-order valence-electron chi connectivity index (χ3n) is 9.84. The molecule has 0 amide bonds. The largest absolute Gasteiger partial charge is 0.393 e. The minimum atomic E-state index is -0.0814. The van der Waals surface area contributed by atoms with Crippen molar-refractivity contribution in [2.75, 3.05) is 0 Å². The van der Waals surface area contributed by atoms with Crippen molar-refractivity contribution in [3.05, 3.63) is 0 Å². The lowest BCUT2D eigenvalue weighted by Gasteiger charge is -2.65. The summed E-state index contributed by atoms with van der Waals surface area (Å²) in [5, 5.41) is 10.3. The van der Waals surface area contributed by atoms with E-state index in [1.54, 1.807) is 0 Å². The molecule has 136 valence electrons. The molecule has 0 spiro atoms. The fourth-order valence-corrected chi connectivity index (χ4v) is 8.28. The summed E-state index contributed by atoms with van der Waals surface area (Å²) in [6, 6.07) is 0. The summed E-state index contributed by atoms with van der Waals surface area (Å²) in [7, 11) is 0. The first-order valence-corrected chi connectivity index (χ1v) is 10.4. The third kappa shape index (κ3) is 2.07. The van der Waals surface area contributed by atoms with Crippen molar-refractivity contribution in [3.63, 3.8) is 0 Å². The van der Waals surface area contributed by atoms with Gasteiger partial charge in [0.1, 0.15) is 5.78 Å². The molecule has 4 aliphatic rings. The summed E-state index contributed by atoms with van der Waals surface area (Å²) in [5.74, 6) is 3.15. The van der Waals surface area contributed by atoms with Crippen LogP contribution in [0.3, 0.4) is 0 Å². The van der Waals surface area contributed by atoms with Gasteiger partial charge in [-0.2, -0.15) is 0 Å². The predicted octanol–water partition coefficient (Wildman–Crippen LogP) is 4.99. The SMILES string of the molecule is CC(=O)[C@H]1CCC2C3CC[C@@]4(C)C[C@H](O)CC[C@]4(C)C3CC[C@@]21C. The summed E-state index contributed by atoms with van der Waals surface area (Å²) >= 11 is 0. The zero-order chi connectivity index (χ0) is 17.3. The summed E-state index contributed by atoms with van der Waals surface area (Å²) in [6.07, 6.45) is 10.7. The molecule has 0 aromatic carbocycles. The second-order valence-electron chi connectivity index (χ2n) is 10.6. The van der Waals surface area contributed by atoms with Crippen molar-refractivity contribution in [1.82, 2.24) is 0 Å². The van der Waals surface area contributed by atoms with Crippen LogP contribution in [0.15, 0.2) is 0 Å². The lowest BCUT2D eigenvalue weighted by Crippen LogP contribution is -2.58. The number of fused-ring (bicyclic) bond motifs is 5. The number of Topliss-reactive ketones (excluding diaryl/α,β-unsaturated/α-hetero) is 1. The quantitative estimate of drug-likeness (QED) is 0.735.